The zero-order valence-corrected chi connectivity index (χ0v) is 21.1. The molecule has 34 heavy (non-hydrogen) atoms. The third kappa shape index (κ3) is 5.75. The Bertz CT molecular complexity index is 1270. The van der Waals surface area contributed by atoms with Gasteiger partial charge in [0.25, 0.3) is 10.0 Å². The number of nitrogens with zero attached hydrogens (tertiary/aromatic N) is 1. The zero-order valence-electron chi connectivity index (χ0n) is 18.8. The van der Waals surface area contributed by atoms with E-state index in [4.69, 9.17) is 32.7 Å². The van der Waals surface area contributed by atoms with Gasteiger partial charge in [-0.1, -0.05) is 41.4 Å². The maximum Gasteiger partial charge on any atom is 0.264 e. The van der Waals surface area contributed by atoms with Crippen molar-refractivity contribution < 1.29 is 22.7 Å². The van der Waals surface area contributed by atoms with Crippen LogP contribution in [0.4, 0.5) is 5.69 Å². The van der Waals surface area contributed by atoms with Crippen molar-refractivity contribution in [1.29, 1.82) is 0 Å². The number of rotatable bonds is 9. The van der Waals surface area contributed by atoms with Crippen LogP contribution in [0.2, 0.25) is 10.0 Å². The van der Waals surface area contributed by atoms with Crippen molar-refractivity contribution in [3.8, 4) is 11.5 Å². The average Bonchev–Trinajstić information content (AvgIpc) is 2.84. The fraction of sp³-hybridized carbons (Fsp3) is 0.208. The number of hydrogen-bond donors (Lipinski definition) is 1. The Kier molecular flexibility index (Phi) is 8.30. The van der Waals surface area contributed by atoms with E-state index in [1.54, 1.807) is 43.3 Å². The normalized spacial score (nSPS) is 12.0. The van der Waals surface area contributed by atoms with Gasteiger partial charge in [-0.15, -0.1) is 0 Å². The highest BCUT2D eigenvalue weighted by Gasteiger charge is 2.29. The summed E-state index contributed by atoms with van der Waals surface area (Å²) >= 11 is 12.4. The predicted octanol–water partition coefficient (Wildman–Crippen LogP) is 5.08. The monoisotopic (exact) mass is 522 g/mol. The molecule has 0 saturated carbocycles. The van der Waals surface area contributed by atoms with Gasteiger partial charge in [-0.3, -0.25) is 9.10 Å². The average molecular weight is 523 g/mol. The number of hydrogen-bond acceptors (Lipinski definition) is 5. The molecule has 0 bridgehead atoms. The molecule has 1 amide bonds. The molecular weight excluding hydrogens is 499 g/mol. The van der Waals surface area contributed by atoms with Crippen LogP contribution < -0.4 is 19.1 Å². The fourth-order valence-electron chi connectivity index (χ4n) is 3.37. The molecule has 0 aliphatic carbocycles. The fourth-order valence-corrected chi connectivity index (χ4v) is 5.26. The molecule has 0 saturated heterocycles. The Morgan fingerprint density at radius 1 is 1.00 bits per heavy atom. The second-order valence-electron chi connectivity index (χ2n) is 7.32. The van der Waals surface area contributed by atoms with Gasteiger partial charge in [0.15, 0.2) is 0 Å². The first-order valence-electron chi connectivity index (χ1n) is 10.2. The van der Waals surface area contributed by atoms with Crippen LogP contribution >= 0.6 is 23.2 Å². The summed E-state index contributed by atoms with van der Waals surface area (Å²) in [6, 6.07) is 16.9. The molecule has 0 aliphatic rings. The molecular formula is C24H24Cl2N2O5S. The summed E-state index contributed by atoms with van der Waals surface area (Å²) in [5, 5.41) is 3.24. The van der Waals surface area contributed by atoms with E-state index >= 15 is 0 Å². The molecule has 0 aliphatic heterocycles. The highest BCUT2D eigenvalue weighted by Crippen LogP contribution is 2.33. The largest absolute Gasteiger partial charge is 0.497 e. The Labute approximate surface area is 209 Å². The van der Waals surface area contributed by atoms with Crippen molar-refractivity contribution >= 4 is 44.8 Å². The maximum absolute atomic E-state index is 13.5. The van der Waals surface area contributed by atoms with Crippen molar-refractivity contribution in [2.75, 3.05) is 25.1 Å². The van der Waals surface area contributed by atoms with E-state index in [0.29, 0.717) is 17.1 Å². The smallest absolute Gasteiger partial charge is 0.264 e. The molecule has 0 spiro atoms. The lowest BCUT2D eigenvalue weighted by atomic mass is 10.1. The van der Waals surface area contributed by atoms with E-state index in [0.717, 1.165) is 4.31 Å². The number of carbonyl (C=O) groups is 1. The van der Waals surface area contributed by atoms with Gasteiger partial charge < -0.3 is 14.8 Å². The van der Waals surface area contributed by atoms with Crippen molar-refractivity contribution in [2.24, 2.45) is 0 Å². The number of amides is 1. The molecule has 1 N–H and O–H groups in total. The highest BCUT2D eigenvalue weighted by atomic mass is 35.5. The van der Waals surface area contributed by atoms with E-state index in [1.807, 2.05) is 0 Å². The standard InChI is InChI=1S/C24H24Cl2N2O5S/c1-16(20-14-18(32-2)10-12-23(20)33-3)27-24(29)15-28(22-13-17(25)9-11-21(22)26)34(30,31)19-7-5-4-6-8-19/h4-14,16H,15H2,1-3H3,(H,27,29)/t16-/m0/s1. The Morgan fingerprint density at radius 2 is 1.71 bits per heavy atom. The van der Waals surface area contributed by atoms with E-state index in [2.05, 4.69) is 5.32 Å². The van der Waals surface area contributed by atoms with Crippen LogP contribution in [-0.4, -0.2) is 35.1 Å². The summed E-state index contributed by atoms with van der Waals surface area (Å²) in [6.45, 7) is 1.24. The van der Waals surface area contributed by atoms with Crippen LogP contribution in [0.1, 0.15) is 18.5 Å². The minimum absolute atomic E-state index is 0.0151. The van der Waals surface area contributed by atoms with Gasteiger partial charge in [0, 0.05) is 10.6 Å². The number of sulfonamides is 1. The van der Waals surface area contributed by atoms with Gasteiger partial charge in [0.2, 0.25) is 5.91 Å². The molecule has 0 radical (unpaired) electrons. The molecule has 0 unspecified atom stereocenters. The Hall–Kier alpha value is -2.94. The summed E-state index contributed by atoms with van der Waals surface area (Å²) < 4.78 is 38.6. The molecule has 3 aromatic carbocycles. The number of carbonyl (C=O) groups excluding carboxylic acids is 1. The maximum atomic E-state index is 13.5. The van der Waals surface area contributed by atoms with E-state index in [-0.39, 0.29) is 20.6 Å². The quantitative estimate of drug-likeness (QED) is 0.423. The molecule has 180 valence electrons. The van der Waals surface area contributed by atoms with Crippen LogP contribution in [-0.2, 0) is 14.8 Å². The highest BCUT2D eigenvalue weighted by molar-refractivity contribution is 7.92. The van der Waals surface area contributed by atoms with Gasteiger partial charge in [0.05, 0.1) is 35.9 Å². The number of halogens is 2. The predicted molar refractivity (Wildman–Crippen MR) is 134 cm³/mol. The second kappa shape index (κ2) is 11.0. The van der Waals surface area contributed by atoms with Crippen molar-refractivity contribution in [3.05, 3.63) is 82.3 Å². The first-order valence-corrected chi connectivity index (χ1v) is 12.4. The number of nitrogens with one attached hydrogen (secondary N) is 1. The third-order valence-electron chi connectivity index (χ3n) is 5.08. The number of ether oxygens (including phenoxy) is 2. The minimum Gasteiger partial charge on any atom is -0.497 e. The topological polar surface area (TPSA) is 84.9 Å². The lowest BCUT2D eigenvalue weighted by Crippen LogP contribution is -2.41. The summed E-state index contributed by atoms with van der Waals surface area (Å²) in [5.41, 5.74) is 0.772. The lowest BCUT2D eigenvalue weighted by Gasteiger charge is -2.26. The third-order valence-corrected chi connectivity index (χ3v) is 7.40. The van der Waals surface area contributed by atoms with Gasteiger partial charge in [-0.05, 0) is 55.5 Å². The van der Waals surface area contributed by atoms with Crippen LogP contribution in [0.3, 0.4) is 0 Å². The van der Waals surface area contributed by atoms with Crippen LogP contribution in [0.25, 0.3) is 0 Å². The Balaban J connectivity index is 1.94. The molecule has 0 fully saturated rings. The summed E-state index contributed by atoms with van der Waals surface area (Å²) in [5.74, 6) is 0.601. The SMILES string of the molecule is COc1ccc(OC)c([C@H](C)NC(=O)CN(c2cc(Cl)ccc2Cl)S(=O)(=O)c2ccccc2)c1. The number of benzene rings is 3. The lowest BCUT2D eigenvalue weighted by molar-refractivity contribution is -0.120. The molecule has 0 heterocycles. The van der Waals surface area contributed by atoms with Gasteiger partial charge in [-0.25, -0.2) is 8.42 Å². The van der Waals surface area contributed by atoms with Gasteiger partial charge >= 0.3 is 0 Å². The summed E-state index contributed by atoms with van der Waals surface area (Å²) in [4.78, 5) is 13.1. The number of anilines is 1. The summed E-state index contributed by atoms with van der Waals surface area (Å²) in [7, 11) is -1.07. The van der Waals surface area contributed by atoms with Crippen LogP contribution in [0.5, 0.6) is 11.5 Å². The molecule has 7 nitrogen and oxygen atoms in total. The minimum atomic E-state index is -4.13. The van der Waals surface area contributed by atoms with Crippen molar-refractivity contribution in [2.45, 2.75) is 17.9 Å². The van der Waals surface area contributed by atoms with E-state index < -0.39 is 28.5 Å². The first-order chi connectivity index (χ1) is 16.2. The van der Waals surface area contributed by atoms with Crippen molar-refractivity contribution in [1.82, 2.24) is 5.32 Å². The summed E-state index contributed by atoms with van der Waals surface area (Å²) in [6.07, 6.45) is 0. The Morgan fingerprint density at radius 3 is 2.35 bits per heavy atom. The molecule has 3 rings (SSSR count). The van der Waals surface area contributed by atoms with Crippen LogP contribution in [0, 0.1) is 0 Å². The zero-order chi connectivity index (χ0) is 24.9. The molecule has 1 atom stereocenters. The number of methoxy groups -OCH3 is 2. The van der Waals surface area contributed by atoms with Crippen LogP contribution in [0.15, 0.2) is 71.6 Å². The van der Waals surface area contributed by atoms with Crippen molar-refractivity contribution in [3.63, 3.8) is 0 Å². The molecule has 10 heteroatoms. The van der Waals surface area contributed by atoms with Gasteiger partial charge in [0.1, 0.15) is 18.0 Å². The first kappa shape index (κ1) is 25.7. The molecule has 3 aromatic rings. The second-order valence-corrected chi connectivity index (χ2v) is 10.0. The van der Waals surface area contributed by atoms with E-state index in [1.165, 1.54) is 44.6 Å². The molecule has 0 aromatic heterocycles. The van der Waals surface area contributed by atoms with E-state index in [9.17, 15) is 13.2 Å². The van der Waals surface area contributed by atoms with Gasteiger partial charge in [-0.2, -0.15) is 0 Å².